The van der Waals surface area contributed by atoms with Crippen molar-refractivity contribution in [3.05, 3.63) is 0 Å². The molecule has 0 atom stereocenters. The fourth-order valence-electron chi connectivity index (χ4n) is 0.187. The van der Waals surface area contributed by atoms with E-state index in [1.165, 1.54) is 0 Å². The van der Waals surface area contributed by atoms with E-state index in [4.69, 9.17) is 15.5 Å². The van der Waals surface area contributed by atoms with E-state index in [0.717, 1.165) is 0 Å². The maximum Gasteiger partial charge on any atom is 0.347 e. The molecule has 92 valence electrons. The molecule has 0 heterocycles. The van der Waals surface area contributed by atoms with Crippen LogP contribution in [0.4, 0.5) is 0 Å². The largest absolute Gasteiger partial charge is 0.396 e. The van der Waals surface area contributed by atoms with Crippen molar-refractivity contribution < 1.29 is 25.2 Å². The zero-order chi connectivity index (χ0) is 12.7. The molecule has 0 aromatic carbocycles. The van der Waals surface area contributed by atoms with Gasteiger partial charge in [-0.25, -0.2) is 4.79 Å². The first-order valence-electron chi connectivity index (χ1n) is 4.68. The molecule has 0 amide bonds. The Hall–Kier alpha value is -0.650. The first-order valence-corrected chi connectivity index (χ1v) is 4.68. The van der Waals surface area contributed by atoms with Gasteiger partial charge in [0, 0.05) is 5.41 Å². The highest BCUT2D eigenvalue weighted by Gasteiger charge is 2.22. The molecule has 0 rings (SSSR count). The molecule has 0 saturated heterocycles. The van der Waals surface area contributed by atoms with Crippen molar-refractivity contribution in [3.63, 3.8) is 0 Å². The molecule has 0 aliphatic carbocycles. The van der Waals surface area contributed by atoms with E-state index in [1.807, 2.05) is 0 Å². The molecule has 5 nitrogen and oxygen atoms in total. The molecule has 0 aromatic rings. The van der Waals surface area contributed by atoms with Crippen LogP contribution >= 0.6 is 0 Å². The normalized spacial score (nSPS) is 11.5. The summed E-state index contributed by atoms with van der Waals surface area (Å²) in [6.45, 7) is 8.66. The Balaban J connectivity index is 0. The first-order chi connectivity index (χ1) is 6.60. The highest BCUT2D eigenvalue weighted by molar-refractivity contribution is 5.74. The number of carbonyl (C=O) groups is 1. The average Bonchev–Trinajstić information content (AvgIpc) is 2.16. The quantitative estimate of drug-likeness (QED) is 0.480. The van der Waals surface area contributed by atoms with Gasteiger partial charge in [0.15, 0.2) is 0 Å². The van der Waals surface area contributed by atoms with Crippen LogP contribution in [0.1, 0.15) is 34.6 Å². The van der Waals surface area contributed by atoms with Crippen molar-refractivity contribution in [1.82, 2.24) is 0 Å². The van der Waals surface area contributed by atoms with Gasteiger partial charge in [0.05, 0.1) is 18.6 Å². The van der Waals surface area contributed by atoms with Crippen LogP contribution < -0.4 is 0 Å². The van der Waals surface area contributed by atoms with Gasteiger partial charge < -0.3 is 15.1 Å². The lowest BCUT2D eigenvalue weighted by Crippen LogP contribution is -2.21. The van der Waals surface area contributed by atoms with E-state index in [1.54, 1.807) is 34.6 Å². The zero-order valence-electron chi connectivity index (χ0n) is 10.1. The van der Waals surface area contributed by atoms with E-state index in [2.05, 4.69) is 4.89 Å². The van der Waals surface area contributed by atoms with Crippen molar-refractivity contribution in [1.29, 1.82) is 0 Å². The number of hydrogen-bond acceptors (Lipinski definition) is 5. The minimum Gasteiger partial charge on any atom is -0.396 e. The van der Waals surface area contributed by atoms with Crippen molar-refractivity contribution in [2.45, 2.75) is 34.6 Å². The lowest BCUT2D eigenvalue weighted by Gasteiger charge is -2.16. The molecule has 3 N–H and O–H groups in total. The summed E-state index contributed by atoms with van der Waals surface area (Å²) in [6, 6.07) is 0. The Morgan fingerprint density at radius 1 is 1.07 bits per heavy atom. The van der Waals surface area contributed by atoms with E-state index >= 15 is 0 Å². The molecule has 0 fully saturated rings. The number of carbonyl (C=O) groups excluding carboxylic acids is 1. The van der Waals surface area contributed by atoms with Gasteiger partial charge in [-0.05, 0) is 20.8 Å². The Morgan fingerprint density at radius 2 is 1.40 bits per heavy atom. The predicted molar refractivity (Wildman–Crippen MR) is 56.1 cm³/mol. The van der Waals surface area contributed by atoms with E-state index in [0.29, 0.717) is 0 Å². The zero-order valence-corrected chi connectivity index (χ0v) is 10.1. The van der Waals surface area contributed by atoms with Gasteiger partial charge in [0.2, 0.25) is 0 Å². The Bertz CT molecular complexity index is 175. The molecule has 0 bridgehead atoms. The number of aliphatic hydroxyl groups is 2. The van der Waals surface area contributed by atoms with Crippen molar-refractivity contribution in [2.24, 2.45) is 10.8 Å². The topological polar surface area (TPSA) is 87.0 Å². The minimum absolute atomic E-state index is 0.0451. The van der Waals surface area contributed by atoms with Crippen molar-refractivity contribution >= 4 is 5.97 Å². The molecular weight excluding hydrogens is 200 g/mol. The summed E-state index contributed by atoms with van der Waals surface area (Å²) >= 11 is 0. The predicted octanol–water partition coefficient (Wildman–Crippen LogP) is 1.05. The fraction of sp³-hybridized carbons (Fsp3) is 0.900. The van der Waals surface area contributed by atoms with Gasteiger partial charge in [-0.15, -0.1) is 0 Å². The Labute approximate surface area is 90.6 Å². The highest BCUT2D eigenvalue weighted by Crippen LogP contribution is 2.13. The number of rotatable bonds is 2. The summed E-state index contributed by atoms with van der Waals surface area (Å²) in [6.07, 6.45) is 0. The third-order valence-corrected chi connectivity index (χ3v) is 1.55. The summed E-state index contributed by atoms with van der Waals surface area (Å²) in [7, 11) is 0. The number of hydrogen-bond donors (Lipinski definition) is 3. The lowest BCUT2D eigenvalue weighted by molar-refractivity contribution is -0.243. The van der Waals surface area contributed by atoms with E-state index < -0.39 is 11.4 Å². The third kappa shape index (κ3) is 9.65. The van der Waals surface area contributed by atoms with Gasteiger partial charge in [-0.1, -0.05) is 13.8 Å². The molecular formula is C10H22O5. The maximum absolute atomic E-state index is 10.4. The summed E-state index contributed by atoms with van der Waals surface area (Å²) < 4.78 is 0. The van der Waals surface area contributed by atoms with Gasteiger partial charge >= 0.3 is 5.97 Å². The average molecular weight is 222 g/mol. The van der Waals surface area contributed by atoms with Crippen LogP contribution in [0.5, 0.6) is 0 Å². The van der Waals surface area contributed by atoms with Crippen LogP contribution in [-0.4, -0.2) is 34.7 Å². The molecule has 0 unspecified atom stereocenters. The first kappa shape index (κ1) is 16.8. The minimum atomic E-state index is -0.613. The van der Waals surface area contributed by atoms with Crippen LogP contribution in [0.2, 0.25) is 0 Å². The van der Waals surface area contributed by atoms with Crippen LogP contribution in [0.3, 0.4) is 0 Å². The third-order valence-electron chi connectivity index (χ3n) is 1.55. The second-order valence-corrected chi connectivity index (χ2v) is 5.11. The second kappa shape index (κ2) is 6.76. The molecule has 0 aliphatic rings. The van der Waals surface area contributed by atoms with Crippen molar-refractivity contribution in [2.75, 3.05) is 13.2 Å². The second-order valence-electron chi connectivity index (χ2n) is 5.11. The molecule has 0 saturated carbocycles. The maximum atomic E-state index is 10.4. The molecule has 5 heteroatoms. The van der Waals surface area contributed by atoms with E-state index in [-0.39, 0.29) is 18.6 Å². The smallest absolute Gasteiger partial charge is 0.347 e. The number of aliphatic hydroxyl groups excluding tert-OH is 2. The van der Waals surface area contributed by atoms with Gasteiger partial charge in [-0.2, -0.15) is 5.26 Å². The van der Waals surface area contributed by atoms with Gasteiger partial charge in [-0.3, -0.25) is 0 Å². The molecule has 0 radical (unpaired) electrons. The highest BCUT2D eigenvalue weighted by atomic mass is 17.1. The summed E-state index contributed by atoms with van der Waals surface area (Å²) in [5, 5.41) is 24.7. The summed E-state index contributed by atoms with van der Waals surface area (Å²) in [4.78, 5) is 13.8. The Morgan fingerprint density at radius 3 is 1.40 bits per heavy atom. The van der Waals surface area contributed by atoms with Gasteiger partial charge in [0.1, 0.15) is 0 Å². The summed E-state index contributed by atoms with van der Waals surface area (Å²) in [5.74, 6) is -0.613. The molecule has 15 heavy (non-hydrogen) atoms. The summed E-state index contributed by atoms with van der Waals surface area (Å²) in [5.41, 5.74) is -0.908. The van der Waals surface area contributed by atoms with Gasteiger partial charge in [0.25, 0.3) is 0 Å². The fourth-order valence-corrected chi connectivity index (χ4v) is 0.187. The molecule has 0 aliphatic heterocycles. The Kier molecular flexibility index (Phi) is 7.56. The molecule has 0 aromatic heterocycles. The van der Waals surface area contributed by atoms with Crippen LogP contribution in [0.15, 0.2) is 0 Å². The SMILES string of the molecule is CC(C)(C)C(=O)OO.CC(C)(CO)CO. The lowest BCUT2D eigenvalue weighted by atomic mass is 9.97. The van der Waals surface area contributed by atoms with Crippen LogP contribution in [0, 0.1) is 10.8 Å². The monoisotopic (exact) mass is 222 g/mol. The van der Waals surface area contributed by atoms with Crippen LogP contribution in [0.25, 0.3) is 0 Å². The van der Waals surface area contributed by atoms with Crippen molar-refractivity contribution in [3.8, 4) is 0 Å². The van der Waals surface area contributed by atoms with Crippen LogP contribution in [-0.2, 0) is 9.68 Å². The molecule has 0 spiro atoms. The standard InChI is InChI=1S/C5H10O3.C5H12O2/c1-5(2,3)4(6)8-7;1-5(2,3-6)4-7/h7H,1-3H3;6-7H,3-4H2,1-2H3. The van der Waals surface area contributed by atoms with E-state index in [9.17, 15) is 4.79 Å².